The second kappa shape index (κ2) is 10.1. The van der Waals surface area contributed by atoms with Crippen molar-refractivity contribution in [3.63, 3.8) is 0 Å². The topological polar surface area (TPSA) is 82.3 Å². The molecule has 7 nitrogen and oxygen atoms in total. The van der Waals surface area contributed by atoms with E-state index < -0.39 is 47.0 Å². The lowest BCUT2D eigenvalue weighted by Crippen LogP contribution is -2.45. The summed E-state index contributed by atoms with van der Waals surface area (Å²) in [6, 6.07) is 12.0. The number of aromatic nitrogens is 2. The number of benzene rings is 2. The minimum Gasteiger partial charge on any atom is -0.462 e. The van der Waals surface area contributed by atoms with Crippen LogP contribution in [0.5, 0.6) is 0 Å². The maximum Gasteiger partial charge on any atom is 0.345 e. The van der Waals surface area contributed by atoms with Gasteiger partial charge >= 0.3 is 11.7 Å². The van der Waals surface area contributed by atoms with E-state index in [4.69, 9.17) is 4.74 Å². The first-order valence-electron chi connectivity index (χ1n) is 10.0. The number of hydrogen-bond acceptors (Lipinski definition) is 5. The van der Waals surface area contributed by atoms with Gasteiger partial charge in [0.1, 0.15) is 17.2 Å². The molecule has 0 saturated carbocycles. The summed E-state index contributed by atoms with van der Waals surface area (Å²) in [4.78, 5) is 38.5. The van der Waals surface area contributed by atoms with Crippen molar-refractivity contribution in [2.75, 3.05) is 13.7 Å². The first-order valence-corrected chi connectivity index (χ1v) is 10.0. The van der Waals surface area contributed by atoms with Crippen molar-refractivity contribution in [3.8, 4) is 0 Å². The van der Waals surface area contributed by atoms with Crippen LogP contribution in [0.15, 0.2) is 64.3 Å². The average molecular weight is 443 g/mol. The highest BCUT2D eigenvalue weighted by molar-refractivity contribution is 5.88. The summed E-state index contributed by atoms with van der Waals surface area (Å²) < 4.78 is 35.1. The number of ether oxygens (including phenoxy) is 1. The Hall–Kier alpha value is -3.59. The number of hydrogen-bond donors (Lipinski definition) is 1. The summed E-state index contributed by atoms with van der Waals surface area (Å²) in [6.45, 7) is 0.987. The fraction of sp³-hybridized carbons (Fsp3) is 0.261. The highest BCUT2D eigenvalue weighted by atomic mass is 19.1. The number of likely N-dealkylation sites (N-methyl/N-ethyl adjacent to an activating group) is 1. The second-order valence-electron chi connectivity index (χ2n) is 7.04. The van der Waals surface area contributed by atoms with Crippen LogP contribution < -0.4 is 16.6 Å². The Balaban J connectivity index is 2.14. The number of rotatable bonds is 8. The highest BCUT2D eigenvalue weighted by Crippen LogP contribution is 2.15. The normalized spacial score (nSPS) is 11.9. The fourth-order valence-electron chi connectivity index (χ4n) is 3.36. The SMILES string of the molecule is CCOC(=O)c1cn(Cc2c(F)cccc2F)c(=O)n(C[C@H](NC)c2ccccc2)c1=O. The molecule has 168 valence electrons. The summed E-state index contributed by atoms with van der Waals surface area (Å²) in [7, 11) is 1.67. The molecule has 0 radical (unpaired) electrons. The Morgan fingerprint density at radius 3 is 2.31 bits per heavy atom. The number of halogens is 2. The average Bonchev–Trinajstić information content (AvgIpc) is 2.78. The van der Waals surface area contributed by atoms with Crippen molar-refractivity contribution in [2.24, 2.45) is 0 Å². The summed E-state index contributed by atoms with van der Waals surface area (Å²) in [6.07, 6.45) is 0.988. The van der Waals surface area contributed by atoms with Gasteiger partial charge in [0.2, 0.25) is 0 Å². The Bertz CT molecular complexity index is 1200. The van der Waals surface area contributed by atoms with Crippen molar-refractivity contribution >= 4 is 5.97 Å². The molecule has 0 saturated heterocycles. The predicted molar refractivity (Wildman–Crippen MR) is 115 cm³/mol. The van der Waals surface area contributed by atoms with Crippen molar-refractivity contribution in [2.45, 2.75) is 26.1 Å². The molecule has 0 aliphatic carbocycles. The molecule has 0 aliphatic rings. The molecule has 0 unspecified atom stereocenters. The monoisotopic (exact) mass is 443 g/mol. The van der Waals surface area contributed by atoms with Crippen LogP contribution in [-0.4, -0.2) is 28.8 Å². The van der Waals surface area contributed by atoms with E-state index in [2.05, 4.69) is 5.32 Å². The molecular formula is C23H23F2N3O4. The number of nitrogens with one attached hydrogen (secondary N) is 1. The van der Waals surface area contributed by atoms with E-state index in [9.17, 15) is 23.2 Å². The molecule has 3 rings (SSSR count). The van der Waals surface area contributed by atoms with Crippen LogP contribution in [0.1, 0.15) is 34.5 Å². The number of carbonyl (C=O) groups excluding carboxylic acids is 1. The third-order valence-electron chi connectivity index (χ3n) is 5.04. The van der Waals surface area contributed by atoms with Gasteiger partial charge in [-0.15, -0.1) is 0 Å². The first kappa shape index (κ1) is 23.1. The van der Waals surface area contributed by atoms with Gasteiger partial charge in [-0.2, -0.15) is 0 Å². The van der Waals surface area contributed by atoms with Gasteiger partial charge < -0.3 is 10.1 Å². The van der Waals surface area contributed by atoms with Crippen molar-refractivity contribution in [1.29, 1.82) is 0 Å². The van der Waals surface area contributed by atoms with Crippen LogP contribution in [0.25, 0.3) is 0 Å². The molecule has 2 aromatic carbocycles. The Morgan fingerprint density at radius 2 is 1.72 bits per heavy atom. The molecule has 0 bridgehead atoms. The van der Waals surface area contributed by atoms with Gasteiger partial charge in [0.15, 0.2) is 0 Å². The zero-order valence-electron chi connectivity index (χ0n) is 17.7. The van der Waals surface area contributed by atoms with E-state index in [0.717, 1.165) is 33.0 Å². The van der Waals surface area contributed by atoms with Gasteiger partial charge in [0.25, 0.3) is 5.56 Å². The van der Waals surface area contributed by atoms with Crippen molar-refractivity contribution < 1.29 is 18.3 Å². The number of esters is 1. The van der Waals surface area contributed by atoms with Crippen LogP contribution in [0.3, 0.4) is 0 Å². The summed E-state index contributed by atoms with van der Waals surface area (Å²) in [5, 5.41) is 3.04. The molecule has 3 aromatic rings. The Labute approximate surface area is 182 Å². The zero-order valence-corrected chi connectivity index (χ0v) is 17.7. The van der Waals surface area contributed by atoms with Crippen LogP contribution in [-0.2, 0) is 17.8 Å². The van der Waals surface area contributed by atoms with Crippen LogP contribution in [0.4, 0.5) is 8.78 Å². The lowest BCUT2D eigenvalue weighted by molar-refractivity contribution is 0.0521. The van der Waals surface area contributed by atoms with Gasteiger partial charge in [-0.3, -0.25) is 13.9 Å². The maximum absolute atomic E-state index is 14.2. The maximum atomic E-state index is 14.2. The van der Waals surface area contributed by atoms with E-state index in [-0.39, 0.29) is 18.7 Å². The van der Waals surface area contributed by atoms with E-state index >= 15 is 0 Å². The molecule has 1 atom stereocenters. The Kier molecular flexibility index (Phi) is 7.32. The molecular weight excluding hydrogens is 420 g/mol. The summed E-state index contributed by atoms with van der Waals surface area (Å²) >= 11 is 0. The molecule has 9 heteroatoms. The third-order valence-corrected chi connectivity index (χ3v) is 5.04. The van der Waals surface area contributed by atoms with Gasteiger partial charge in [-0.1, -0.05) is 36.4 Å². The van der Waals surface area contributed by atoms with Crippen LogP contribution in [0.2, 0.25) is 0 Å². The van der Waals surface area contributed by atoms with Gasteiger partial charge in [0.05, 0.1) is 25.7 Å². The van der Waals surface area contributed by atoms with Gasteiger partial charge in [-0.25, -0.2) is 18.4 Å². The first-order chi connectivity index (χ1) is 15.4. The van der Waals surface area contributed by atoms with E-state index in [1.807, 2.05) is 30.3 Å². The number of carbonyl (C=O) groups is 1. The van der Waals surface area contributed by atoms with Crippen LogP contribution >= 0.6 is 0 Å². The molecule has 1 heterocycles. The molecule has 0 amide bonds. The smallest absolute Gasteiger partial charge is 0.345 e. The quantitative estimate of drug-likeness (QED) is 0.541. The summed E-state index contributed by atoms with van der Waals surface area (Å²) in [5.41, 5.74) is -1.58. The lowest BCUT2D eigenvalue weighted by atomic mass is 10.1. The number of nitrogens with zero attached hydrogens (tertiary/aromatic N) is 2. The van der Waals surface area contributed by atoms with E-state index in [1.54, 1.807) is 14.0 Å². The summed E-state index contributed by atoms with van der Waals surface area (Å²) in [5.74, 6) is -2.61. The minimum absolute atomic E-state index is 0.0164. The molecule has 1 aromatic heterocycles. The van der Waals surface area contributed by atoms with Crippen molar-refractivity contribution in [1.82, 2.24) is 14.5 Å². The Morgan fingerprint density at radius 1 is 1.06 bits per heavy atom. The van der Waals surface area contributed by atoms with Crippen molar-refractivity contribution in [3.05, 3.63) is 104 Å². The molecule has 1 N–H and O–H groups in total. The molecule has 0 fully saturated rings. The van der Waals surface area contributed by atoms with E-state index in [0.29, 0.717) is 0 Å². The second-order valence-corrected chi connectivity index (χ2v) is 7.04. The third kappa shape index (κ3) is 4.83. The highest BCUT2D eigenvalue weighted by Gasteiger charge is 2.22. The predicted octanol–water partition coefficient (Wildman–Crippen LogP) is 2.47. The van der Waals surface area contributed by atoms with E-state index in [1.165, 1.54) is 6.07 Å². The van der Waals surface area contributed by atoms with Gasteiger partial charge in [0, 0.05) is 11.8 Å². The molecule has 32 heavy (non-hydrogen) atoms. The zero-order chi connectivity index (χ0) is 23.3. The largest absolute Gasteiger partial charge is 0.462 e. The van der Waals surface area contributed by atoms with Crippen LogP contribution in [0, 0.1) is 11.6 Å². The fourth-order valence-corrected chi connectivity index (χ4v) is 3.36. The molecule has 0 aliphatic heterocycles. The molecule has 0 spiro atoms. The van der Waals surface area contributed by atoms with Gasteiger partial charge in [-0.05, 0) is 31.7 Å². The lowest BCUT2D eigenvalue weighted by Gasteiger charge is -2.19. The minimum atomic E-state index is -0.922. The standard InChI is InChI=1S/C23H23F2N3O4/c1-3-32-22(30)17-13-27(12-16-18(24)10-7-11-19(16)25)23(31)28(21(17)29)14-20(26-2)15-8-5-4-6-9-15/h4-11,13,20,26H,3,12,14H2,1-2H3/t20-/m0/s1.